The number of thioether (sulfide) groups is 1. The fraction of sp³-hybridized carbons (Fsp3) is 0.611. The fourth-order valence-corrected chi connectivity index (χ4v) is 3.75. The van der Waals surface area contributed by atoms with Gasteiger partial charge in [0.15, 0.2) is 5.96 Å². The molecule has 1 aromatic rings. The molecule has 1 fully saturated rings. The monoisotopic (exact) mass is 335 g/mol. The first-order valence-corrected chi connectivity index (χ1v) is 9.68. The van der Waals surface area contributed by atoms with E-state index in [1.54, 1.807) is 7.11 Å². The largest absolute Gasteiger partial charge is 0.380 e. The standard InChI is InChI=1S/C18H29N3OS/c1-4-19-18(21-16-8-9-17(11-16)23-3)20-12-14-6-5-7-15(10-14)13-22-2/h5-7,10,16-17H,4,8-9,11-13H2,1-3H3,(H2,19,20,21). The van der Waals surface area contributed by atoms with Crippen molar-refractivity contribution in [3.05, 3.63) is 35.4 Å². The lowest BCUT2D eigenvalue weighted by atomic mass is 10.1. The van der Waals surface area contributed by atoms with Gasteiger partial charge in [-0.1, -0.05) is 24.3 Å². The summed E-state index contributed by atoms with van der Waals surface area (Å²) in [4.78, 5) is 4.75. The van der Waals surface area contributed by atoms with Crippen molar-refractivity contribution in [1.82, 2.24) is 10.6 Å². The average Bonchev–Trinajstić information content (AvgIpc) is 3.01. The van der Waals surface area contributed by atoms with E-state index < -0.39 is 0 Å². The minimum atomic E-state index is 0.546. The second-order valence-corrected chi connectivity index (χ2v) is 7.10. The first-order chi connectivity index (χ1) is 11.2. The molecule has 1 aliphatic carbocycles. The highest BCUT2D eigenvalue weighted by Crippen LogP contribution is 2.28. The van der Waals surface area contributed by atoms with Gasteiger partial charge >= 0.3 is 0 Å². The molecule has 4 nitrogen and oxygen atoms in total. The van der Waals surface area contributed by atoms with Crippen molar-refractivity contribution in [3.8, 4) is 0 Å². The van der Waals surface area contributed by atoms with Crippen molar-refractivity contribution >= 4 is 17.7 Å². The minimum absolute atomic E-state index is 0.546. The van der Waals surface area contributed by atoms with Crippen molar-refractivity contribution in [2.75, 3.05) is 19.9 Å². The van der Waals surface area contributed by atoms with E-state index in [0.29, 0.717) is 19.2 Å². The fourth-order valence-electron chi connectivity index (χ4n) is 2.95. The highest BCUT2D eigenvalue weighted by molar-refractivity contribution is 7.99. The molecule has 0 saturated heterocycles. The molecular weight excluding hydrogens is 306 g/mol. The number of guanidine groups is 1. The third-order valence-electron chi connectivity index (χ3n) is 4.13. The zero-order valence-corrected chi connectivity index (χ0v) is 15.3. The summed E-state index contributed by atoms with van der Waals surface area (Å²) in [5, 5.41) is 7.74. The quantitative estimate of drug-likeness (QED) is 0.593. The van der Waals surface area contributed by atoms with E-state index in [0.717, 1.165) is 17.8 Å². The van der Waals surface area contributed by atoms with Crippen LogP contribution in [0.5, 0.6) is 0 Å². The maximum absolute atomic E-state index is 5.19. The Morgan fingerprint density at radius 3 is 2.87 bits per heavy atom. The van der Waals surface area contributed by atoms with Crippen LogP contribution in [0.1, 0.15) is 37.3 Å². The van der Waals surface area contributed by atoms with E-state index in [4.69, 9.17) is 9.73 Å². The molecule has 0 heterocycles. The Morgan fingerprint density at radius 1 is 1.35 bits per heavy atom. The molecule has 5 heteroatoms. The molecule has 0 aromatic heterocycles. The number of nitrogens with one attached hydrogen (secondary N) is 2. The zero-order chi connectivity index (χ0) is 16.5. The summed E-state index contributed by atoms with van der Waals surface area (Å²) in [7, 11) is 1.72. The van der Waals surface area contributed by atoms with Crippen LogP contribution in [0.3, 0.4) is 0 Å². The van der Waals surface area contributed by atoms with E-state index in [2.05, 4.69) is 48.1 Å². The number of aliphatic imine (C=N–C) groups is 1. The SMILES string of the molecule is CCNC(=NCc1cccc(COC)c1)NC1CCC(SC)C1. The molecule has 0 spiro atoms. The van der Waals surface area contributed by atoms with Crippen LogP contribution in [0.2, 0.25) is 0 Å². The Kier molecular flexibility index (Phi) is 7.76. The molecule has 1 aromatic carbocycles. The number of rotatable bonds is 7. The average molecular weight is 336 g/mol. The van der Waals surface area contributed by atoms with E-state index in [1.807, 2.05) is 11.8 Å². The van der Waals surface area contributed by atoms with E-state index in [9.17, 15) is 0 Å². The third-order valence-corrected chi connectivity index (χ3v) is 5.22. The van der Waals surface area contributed by atoms with Crippen LogP contribution in [0.15, 0.2) is 29.3 Å². The van der Waals surface area contributed by atoms with Crippen molar-refractivity contribution < 1.29 is 4.74 Å². The number of hydrogen-bond acceptors (Lipinski definition) is 3. The lowest BCUT2D eigenvalue weighted by Crippen LogP contribution is -2.42. The van der Waals surface area contributed by atoms with Gasteiger partial charge in [-0.15, -0.1) is 0 Å². The van der Waals surface area contributed by atoms with Crippen molar-refractivity contribution in [1.29, 1.82) is 0 Å². The molecule has 2 rings (SSSR count). The Morgan fingerprint density at radius 2 is 2.17 bits per heavy atom. The second kappa shape index (κ2) is 9.83. The summed E-state index contributed by atoms with van der Waals surface area (Å²) in [6, 6.07) is 8.98. The predicted octanol–water partition coefficient (Wildman–Crippen LogP) is 3.17. The minimum Gasteiger partial charge on any atom is -0.380 e. The molecule has 0 aliphatic heterocycles. The normalized spacial score (nSPS) is 21.4. The number of nitrogens with zero attached hydrogens (tertiary/aromatic N) is 1. The molecular formula is C18H29N3OS. The van der Waals surface area contributed by atoms with Crippen molar-refractivity contribution in [2.45, 2.75) is 50.6 Å². The topological polar surface area (TPSA) is 45.7 Å². The summed E-state index contributed by atoms with van der Waals surface area (Å²) < 4.78 is 5.19. The Bertz CT molecular complexity index is 507. The maximum atomic E-state index is 5.19. The van der Waals surface area contributed by atoms with Crippen LogP contribution in [0.4, 0.5) is 0 Å². The van der Waals surface area contributed by atoms with E-state index in [-0.39, 0.29) is 0 Å². The molecule has 2 atom stereocenters. The number of methoxy groups -OCH3 is 1. The molecule has 23 heavy (non-hydrogen) atoms. The molecule has 1 saturated carbocycles. The van der Waals surface area contributed by atoms with Gasteiger partial charge in [0.05, 0.1) is 13.2 Å². The molecule has 0 amide bonds. The molecule has 128 valence electrons. The first-order valence-electron chi connectivity index (χ1n) is 8.39. The number of benzene rings is 1. The number of hydrogen-bond donors (Lipinski definition) is 2. The first kappa shape index (κ1) is 18.1. The molecule has 0 radical (unpaired) electrons. The predicted molar refractivity (Wildman–Crippen MR) is 100 cm³/mol. The summed E-state index contributed by atoms with van der Waals surface area (Å²) in [5.74, 6) is 0.927. The van der Waals surface area contributed by atoms with Crippen molar-refractivity contribution in [2.24, 2.45) is 4.99 Å². The van der Waals surface area contributed by atoms with Crippen LogP contribution in [-0.4, -0.2) is 37.2 Å². The highest BCUT2D eigenvalue weighted by atomic mass is 32.2. The smallest absolute Gasteiger partial charge is 0.191 e. The summed E-state index contributed by atoms with van der Waals surface area (Å²) in [5.41, 5.74) is 2.40. The Hall–Kier alpha value is -1.20. The lowest BCUT2D eigenvalue weighted by molar-refractivity contribution is 0.185. The third kappa shape index (κ3) is 6.07. The zero-order valence-electron chi connectivity index (χ0n) is 14.5. The molecule has 2 N–H and O–H groups in total. The highest BCUT2D eigenvalue weighted by Gasteiger charge is 2.24. The Balaban J connectivity index is 1.94. The maximum Gasteiger partial charge on any atom is 0.191 e. The summed E-state index contributed by atoms with van der Waals surface area (Å²) >= 11 is 1.98. The summed E-state index contributed by atoms with van der Waals surface area (Å²) in [6.07, 6.45) is 5.98. The van der Waals surface area contributed by atoms with Crippen LogP contribution < -0.4 is 10.6 Å². The van der Waals surface area contributed by atoms with Gasteiger partial charge in [0.1, 0.15) is 0 Å². The Labute approximate surface area is 144 Å². The van der Waals surface area contributed by atoms with Gasteiger partial charge in [0.25, 0.3) is 0 Å². The lowest BCUT2D eigenvalue weighted by Gasteiger charge is -2.17. The van der Waals surface area contributed by atoms with E-state index >= 15 is 0 Å². The number of ether oxygens (including phenoxy) is 1. The molecule has 0 bridgehead atoms. The van der Waals surface area contributed by atoms with E-state index in [1.165, 1.54) is 30.4 Å². The van der Waals surface area contributed by atoms with Gasteiger partial charge in [-0.25, -0.2) is 4.99 Å². The molecule has 1 aliphatic rings. The van der Waals surface area contributed by atoms with Gasteiger partial charge in [-0.3, -0.25) is 0 Å². The van der Waals surface area contributed by atoms with Crippen molar-refractivity contribution in [3.63, 3.8) is 0 Å². The van der Waals surface area contributed by atoms with Gasteiger partial charge in [0, 0.05) is 24.9 Å². The molecule has 2 unspecified atom stereocenters. The van der Waals surface area contributed by atoms with Gasteiger partial charge < -0.3 is 15.4 Å². The van der Waals surface area contributed by atoms with Gasteiger partial charge in [-0.05, 0) is 43.6 Å². The van der Waals surface area contributed by atoms with Crippen LogP contribution >= 0.6 is 11.8 Å². The van der Waals surface area contributed by atoms with Gasteiger partial charge in [0.2, 0.25) is 0 Å². The second-order valence-electron chi connectivity index (χ2n) is 5.96. The summed E-state index contributed by atoms with van der Waals surface area (Å²) in [6.45, 7) is 4.32. The van der Waals surface area contributed by atoms with Crippen LogP contribution in [0, 0.1) is 0 Å². The van der Waals surface area contributed by atoms with Crippen LogP contribution in [-0.2, 0) is 17.9 Å². The van der Waals surface area contributed by atoms with Gasteiger partial charge in [-0.2, -0.15) is 11.8 Å². The van der Waals surface area contributed by atoms with Crippen LogP contribution in [0.25, 0.3) is 0 Å².